The van der Waals surface area contributed by atoms with Crippen LogP contribution in [-0.2, 0) is 21.4 Å². The maximum Gasteiger partial charge on any atom is 0.245 e. The van der Waals surface area contributed by atoms with Crippen molar-refractivity contribution >= 4 is 21.6 Å². The van der Waals surface area contributed by atoms with E-state index in [1.54, 1.807) is 0 Å². The molecule has 1 amide bonds. The average Bonchev–Trinajstić information content (AvgIpc) is 3.33. The van der Waals surface area contributed by atoms with E-state index in [1.807, 2.05) is 12.1 Å². The summed E-state index contributed by atoms with van der Waals surface area (Å²) in [5.41, 5.74) is 2.26. The van der Waals surface area contributed by atoms with Gasteiger partial charge in [0.05, 0.1) is 0 Å². The van der Waals surface area contributed by atoms with Gasteiger partial charge in [0, 0.05) is 44.3 Å². The number of amides is 1. The molecule has 0 aliphatic carbocycles. The third-order valence-electron chi connectivity index (χ3n) is 6.15. The molecule has 0 saturated carbocycles. The van der Waals surface area contributed by atoms with Crippen LogP contribution >= 0.6 is 0 Å². The quantitative estimate of drug-likeness (QED) is 0.742. The molecule has 0 aromatic heterocycles. The van der Waals surface area contributed by atoms with E-state index < -0.39 is 15.8 Å². The van der Waals surface area contributed by atoms with Crippen LogP contribution in [0.25, 0.3) is 0 Å². The van der Waals surface area contributed by atoms with Crippen molar-refractivity contribution in [2.45, 2.75) is 37.1 Å². The lowest BCUT2D eigenvalue weighted by Crippen LogP contribution is -2.43. The Bertz CT molecular complexity index is 1010. The van der Waals surface area contributed by atoms with E-state index in [2.05, 4.69) is 22.3 Å². The van der Waals surface area contributed by atoms with E-state index >= 15 is 0 Å². The summed E-state index contributed by atoms with van der Waals surface area (Å²) in [6.45, 7) is 3.06. The number of carbonyl (C=O) groups excluding carboxylic acids is 1. The minimum absolute atomic E-state index is 0.0634. The summed E-state index contributed by atoms with van der Waals surface area (Å²) in [4.78, 5) is 14.6. The summed E-state index contributed by atoms with van der Waals surface area (Å²) in [5.74, 6) is -1.05. The number of hydrogen-bond donors (Lipinski definition) is 1. The lowest BCUT2D eigenvalue weighted by Gasteiger charge is -2.30. The Morgan fingerprint density at radius 3 is 2.26 bits per heavy atom. The normalized spacial score (nSPS) is 18.3. The predicted octanol–water partition coefficient (Wildman–Crippen LogP) is 3.14. The van der Waals surface area contributed by atoms with Crippen molar-refractivity contribution in [3.8, 4) is 0 Å². The van der Waals surface area contributed by atoms with E-state index in [4.69, 9.17) is 0 Å². The van der Waals surface area contributed by atoms with Crippen molar-refractivity contribution in [1.29, 1.82) is 0 Å². The summed E-state index contributed by atoms with van der Waals surface area (Å²) >= 11 is 0. The minimum atomic E-state index is -3.89. The lowest BCUT2D eigenvalue weighted by atomic mass is 9.97. The molecule has 0 unspecified atom stereocenters. The zero-order valence-corrected chi connectivity index (χ0v) is 18.3. The van der Waals surface area contributed by atoms with Gasteiger partial charge in [0.2, 0.25) is 15.9 Å². The van der Waals surface area contributed by atoms with Crippen LogP contribution in [0.3, 0.4) is 0 Å². The van der Waals surface area contributed by atoms with Crippen LogP contribution in [-0.4, -0.2) is 44.8 Å². The molecule has 2 fully saturated rings. The average molecular weight is 446 g/mol. The molecule has 1 N–H and O–H groups in total. The smallest absolute Gasteiger partial charge is 0.245 e. The number of piperidine rings is 1. The van der Waals surface area contributed by atoms with Gasteiger partial charge in [0.15, 0.2) is 0 Å². The Labute approximate surface area is 183 Å². The molecule has 31 heavy (non-hydrogen) atoms. The summed E-state index contributed by atoms with van der Waals surface area (Å²) < 4.78 is 40.6. The van der Waals surface area contributed by atoms with Crippen molar-refractivity contribution < 1.29 is 17.6 Å². The number of benzene rings is 2. The topological polar surface area (TPSA) is 69.7 Å². The molecule has 2 aliphatic heterocycles. The van der Waals surface area contributed by atoms with Crippen molar-refractivity contribution in [2.24, 2.45) is 5.92 Å². The van der Waals surface area contributed by atoms with Crippen LogP contribution in [0.2, 0.25) is 0 Å². The molecule has 2 aromatic rings. The van der Waals surface area contributed by atoms with Crippen molar-refractivity contribution in [3.63, 3.8) is 0 Å². The van der Waals surface area contributed by atoms with Gasteiger partial charge < -0.3 is 10.2 Å². The molecule has 0 radical (unpaired) electrons. The Kier molecular flexibility index (Phi) is 6.57. The highest BCUT2D eigenvalue weighted by atomic mass is 32.2. The third-order valence-corrected chi connectivity index (χ3v) is 8.09. The summed E-state index contributed by atoms with van der Waals surface area (Å²) in [7, 11) is -3.89. The number of hydrogen-bond acceptors (Lipinski definition) is 4. The lowest BCUT2D eigenvalue weighted by molar-refractivity contribution is -0.126. The van der Waals surface area contributed by atoms with Crippen LogP contribution in [0.15, 0.2) is 53.4 Å². The van der Waals surface area contributed by atoms with Crippen molar-refractivity contribution in [1.82, 2.24) is 9.62 Å². The van der Waals surface area contributed by atoms with Gasteiger partial charge in [-0.1, -0.05) is 24.3 Å². The molecule has 8 heteroatoms. The third kappa shape index (κ3) is 4.91. The molecule has 0 bridgehead atoms. The monoisotopic (exact) mass is 445 g/mol. The van der Waals surface area contributed by atoms with Crippen LogP contribution in [0, 0.1) is 11.7 Å². The predicted molar refractivity (Wildman–Crippen MR) is 118 cm³/mol. The maximum atomic E-state index is 13.9. The van der Waals surface area contributed by atoms with Gasteiger partial charge in [-0.25, -0.2) is 12.8 Å². The van der Waals surface area contributed by atoms with Crippen LogP contribution in [0.5, 0.6) is 0 Å². The molecule has 2 aromatic carbocycles. The Morgan fingerprint density at radius 1 is 0.968 bits per heavy atom. The van der Waals surface area contributed by atoms with E-state index in [1.165, 1.54) is 41.0 Å². The van der Waals surface area contributed by atoms with E-state index in [9.17, 15) is 17.6 Å². The van der Waals surface area contributed by atoms with Crippen molar-refractivity contribution in [2.75, 3.05) is 31.1 Å². The first-order valence-corrected chi connectivity index (χ1v) is 12.3. The first kappa shape index (κ1) is 21.8. The summed E-state index contributed by atoms with van der Waals surface area (Å²) in [5, 5.41) is 2.97. The molecular formula is C23H28FN3O3S. The van der Waals surface area contributed by atoms with Gasteiger partial charge in [0.25, 0.3) is 0 Å². The highest BCUT2D eigenvalue weighted by Crippen LogP contribution is 2.25. The molecule has 4 rings (SSSR count). The zero-order valence-electron chi connectivity index (χ0n) is 17.5. The van der Waals surface area contributed by atoms with Gasteiger partial charge in [-0.2, -0.15) is 4.31 Å². The molecule has 6 nitrogen and oxygen atoms in total. The van der Waals surface area contributed by atoms with Gasteiger partial charge in [0.1, 0.15) is 10.7 Å². The largest absolute Gasteiger partial charge is 0.372 e. The fourth-order valence-electron chi connectivity index (χ4n) is 4.28. The first-order valence-electron chi connectivity index (χ1n) is 10.8. The zero-order chi connectivity index (χ0) is 21.8. The standard InChI is InChI=1S/C23H28FN3O3S/c24-21-5-1-2-6-22(21)31(29,30)27-15-11-19(12-16-27)23(28)25-17-18-7-9-20(10-8-18)26-13-3-4-14-26/h1-2,5-10,19H,3-4,11-17H2,(H,25,28). The Morgan fingerprint density at radius 2 is 1.61 bits per heavy atom. The molecule has 2 aliphatic rings. The fourth-order valence-corrected chi connectivity index (χ4v) is 5.82. The van der Waals surface area contributed by atoms with Gasteiger partial charge >= 0.3 is 0 Å². The van der Waals surface area contributed by atoms with Crippen LogP contribution in [0.1, 0.15) is 31.2 Å². The second kappa shape index (κ2) is 9.36. The number of nitrogens with zero attached hydrogens (tertiary/aromatic N) is 2. The molecule has 0 atom stereocenters. The number of sulfonamides is 1. The Balaban J connectivity index is 1.28. The van der Waals surface area contributed by atoms with Gasteiger partial charge in [-0.3, -0.25) is 4.79 Å². The minimum Gasteiger partial charge on any atom is -0.372 e. The first-order chi connectivity index (χ1) is 14.9. The van der Waals surface area contributed by atoms with E-state index in [0.717, 1.165) is 24.7 Å². The Hall–Kier alpha value is -2.45. The number of carbonyl (C=O) groups is 1. The second-order valence-electron chi connectivity index (χ2n) is 8.19. The van der Waals surface area contributed by atoms with Gasteiger partial charge in [-0.15, -0.1) is 0 Å². The molecular weight excluding hydrogens is 417 g/mol. The molecule has 2 heterocycles. The number of nitrogens with one attached hydrogen (secondary N) is 1. The SMILES string of the molecule is O=C(NCc1ccc(N2CCCC2)cc1)C1CCN(S(=O)(=O)c2ccccc2F)CC1. The number of anilines is 1. The van der Waals surface area contributed by atoms with Crippen LogP contribution < -0.4 is 10.2 Å². The highest BCUT2D eigenvalue weighted by molar-refractivity contribution is 7.89. The summed E-state index contributed by atoms with van der Waals surface area (Å²) in [6.07, 6.45) is 3.32. The second-order valence-corrected chi connectivity index (χ2v) is 10.1. The number of halogens is 1. The van der Waals surface area contributed by atoms with Crippen LogP contribution in [0.4, 0.5) is 10.1 Å². The highest BCUT2D eigenvalue weighted by Gasteiger charge is 2.33. The van der Waals surface area contributed by atoms with E-state index in [0.29, 0.717) is 19.4 Å². The molecule has 166 valence electrons. The summed E-state index contributed by atoms with van der Waals surface area (Å²) in [6, 6.07) is 13.7. The van der Waals surface area contributed by atoms with Gasteiger partial charge in [-0.05, 0) is 55.5 Å². The van der Waals surface area contributed by atoms with Crippen molar-refractivity contribution in [3.05, 3.63) is 59.9 Å². The van der Waals surface area contributed by atoms with E-state index in [-0.39, 0.29) is 29.8 Å². The fraction of sp³-hybridized carbons (Fsp3) is 0.435. The molecule has 2 saturated heterocycles. The molecule has 0 spiro atoms. The number of rotatable bonds is 6. The maximum absolute atomic E-state index is 13.9.